The normalized spacial score (nSPS) is 33.3. The van der Waals surface area contributed by atoms with Gasteiger partial charge in [-0.15, -0.1) is 0 Å². The minimum Gasteiger partial charge on any atom is -0.395 e. The van der Waals surface area contributed by atoms with Gasteiger partial charge >= 0.3 is 0 Å². The van der Waals surface area contributed by atoms with Gasteiger partial charge in [-0.3, -0.25) is 4.79 Å². The third-order valence-corrected chi connectivity index (χ3v) is 3.68. The molecule has 2 aliphatic heterocycles. The van der Waals surface area contributed by atoms with Crippen LogP contribution in [0.3, 0.4) is 0 Å². The van der Waals surface area contributed by atoms with Crippen LogP contribution in [0.1, 0.15) is 26.2 Å². The lowest BCUT2D eigenvalue weighted by Gasteiger charge is -2.27. The molecule has 2 heterocycles. The van der Waals surface area contributed by atoms with E-state index in [1.54, 1.807) is 4.90 Å². The van der Waals surface area contributed by atoms with Crippen LogP contribution in [0.5, 0.6) is 0 Å². The smallest absolute Gasteiger partial charge is 0.227 e. The molecule has 4 heteroatoms. The van der Waals surface area contributed by atoms with E-state index >= 15 is 0 Å². The van der Waals surface area contributed by atoms with Crippen molar-refractivity contribution < 1.29 is 9.90 Å². The van der Waals surface area contributed by atoms with E-state index in [1.165, 1.54) is 6.42 Å². The highest BCUT2D eigenvalue weighted by Crippen LogP contribution is 2.34. The van der Waals surface area contributed by atoms with Gasteiger partial charge in [0.25, 0.3) is 0 Å². The fourth-order valence-corrected chi connectivity index (χ4v) is 2.88. The number of amides is 1. The summed E-state index contributed by atoms with van der Waals surface area (Å²) in [5.74, 6) is 0.390. The van der Waals surface area contributed by atoms with Gasteiger partial charge in [-0.25, -0.2) is 0 Å². The summed E-state index contributed by atoms with van der Waals surface area (Å²) in [4.78, 5) is 13.9. The van der Waals surface area contributed by atoms with Crippen molar-refractivity contribution in [1.29, 1.82) is 0 Å². The molecule has 3 atom stereocenters. The average molecular weight is 212 g/mol. The Morgan fingerprint density at radius 3 is 2.80 bits per heavy atom. The monoisotopic (exact) mass is 212 g/mol. The number of nitrogens with one attached hydrogen (secondary N) is 1. The molecule has 1 amide bonds. The van der Waals surface area contributed by atoms with Gasteiger partial charge in [-0.1, -0.05) is 0 Å². The van der Waals surface area contributed by atoms with Crippen LogP contribution in [0.2, 0.25) is 0 Å². The Kier molecular flexibility index (Phi) is 3.26. The maximum Gasteiger partial charge on any atom is 0.227 e. The largest absolute Gasteiger partial charge is 0.395 e. The summed E-state index contributed by atoms with van der Waals surface area (Å²) >= 11 is 0. The molecule has 0 aromatic carbocycles. The third kappa shape index (κ3) is 2.01. The standard InChI is InChI=1S/C11H20N2O2/c1-2-13(5-6-14)11(15)9-7-8-3-4-10(9)12-8/h8-10,12,14H,2-7H2,1H3. The van der Waals surface area contributed by atoms with Crippen molar-refractivity contribution in [2.24, 2.45) is 5.92 Å². The van der Waals surface area contributed by atoms with Gasteiger partial charge in [0, 0.05) is 25.2 Å². The number of aliphatic hydroxyl groups excluding tert-OH is 1. The lowest BCUT2D eigenvalue weighted by atomic mass is 9.88. The van der Waals surface area contributed by atoms with E-state index in [0.29, 0.717) is 25.2 Å². The second-order valence-corrected chi connectivity index (χ2v) is 4.53. The Bertz CT molecular complexity index is 245. The molecule has 0 aromatic heterocycles. The molecule has 4 nitrogen and oxygen atoms in total. The molecular formula is C11H20N2O2. The van der Waals surface area contributed by atoms with E-state index < -0.39 is 0 Å². The number of likely N-dealkylation sites (N-methyl/N-ethyl adjacent to an activating group) is 1. The van der Waals surface area contributed by atoms with E-state index in [-0.39, 0.29) is 18.4 Å². The minimum atomic E-state index is 0.0633. The summed E-state index contributed by atoms with van der Waals surface area (Å²) in [6.45, 7) is 3.21. The molecule has 0 aromatic rings. The van der Waals surface area contributed by atoms with Crippen LogP contribution in [-0.2, 0) is 4.79 Å². The Balaban J connectivity index is 1.95. The molecule has 2 saturated heterocycles. The van der Waals surface area contributed by atoms with E-state index in [2.05, 4.69) is 5.32 Å². The Morgan fingerprint density at radius 2 is 2.33 bits per heavy atom. The average Bonchev–Trinajstić information content (AvgIpc) is 2.86. The van der Waals surface area contributed by atoms with Gasteiger partial charge in [-0.2, -0.15) is 0 Å². The molecule has 0 spiro atoms. The number of fused-ring (bicyclic) bond motifs is 2. The molecule has 3 unspecified atom stereocenters. The number of rotatable bonds is 4. The summed E-state index contributed by atoms with van der Waals surface area (Å²) in [5.41, 5.74) is 0. The summed E-state index contributed by atoms with van der Waals surface area (Å²) in [6, 6.07) is 0.965. The molecule has 2 aliphatic rings. The molecule has 2 rings (SSSR count). The lowest BCUT2D eigenvalue weighted by molar-refractivity contribution is -0.136. The molecule has 2 bridgehead atoms. The second kappa shape index (κ2) is 4.49. The first-order valence-electron chi connectivity index (χ1n) is 5.92. The lowest BCUT2D eigenvalue weighted by Crippen LogP contribution is -2.42. The van der Waals surface area contributed by atoms with Crippen molar-refractivity contribution in [3.05, 3.63) is 0 Å². The highest BCUT2D eigenvalue weighted by Gasteiger charge is 2.43. The van der Waals surface area contributed by atoms with Crippen molar-refractivity contribution in [3.8, 4) is 0 Å². The maximum absolute atomic E-state index is 12.1. The van der Waals surface area contributed by atoms with Crippen molar-refractivity contribution in [2.45, 2.75) is 38.3 Å². The van der Waals surface area contributed by atoms with E-state index in [0.717, 1.165) is 12.8 Å². The Morgan fingerprint density at radius 1 is 1.53 bits per heavy atom. The number of aliphatic hydroxyl groups is 1. The zero-order chi connectivity index (χ0) is 10.8. The van der Waals surface area contributed by atoms with Crippen LogP contribution in [-0.4, -0.2) is 47.7 Å². The zero-order valence-electron chi connectivity index (χ0n) is 9.28. The first-order valence-corrected chi connectivity index (χ1v) is 5.92. The van der Waals surface area contributed by atoms with Crippen LogP contribution in [0.4, 0.5) is 0 Å². The van der Waals surface area contributed by atoms with Crippen molar-refractivity contribution in [3.63, 3.8) is 0 Å². The fraction of sp³-hybridized carbons (Fsp3) is 0.909. The van der Waals surface area contributed by atoms with Crippen LogP contribution >= 0.6 is 0 Å². The molecule has 86 valence electrons. The number of hydrogen-bond donors (Lipinski definition) is 2. The molecular weight excluding hydrogens is 192 g/mol. The van der Waals surface area contributed by atoms with Gasteiger partial charge in [0.15, 0.2) is 0 Å². The summed E-state index contributed by atoms with van der Waals surface area (Å²) in [6.07, 6.45) is 3.35. The molecule has 2 fully saturated rings. The number of carbonyl (C=O) groups is 1. The van der Waals surface area contributed by atoms with Crippen molar-refractivity contribution >= 4 is 5.91 Å². The van der Waals surface area contributed by atoms with Gasteiger partial charge in [-0.05, 0) is 26.2 Å². The Hall–Kier alpha value is -0.610. The van der Waals surface area contributed by atoms with E-state index in [4.69, 9.17) is 5.11 Å². The van der Waals surface area contributed by atoms with E-state index in [1.807, 2.05) is 6.92 Å². The van der Waals surface area contributed by atoms with Crippen molar-refractivity contribution in [1.82, 2.24) is 10.2 Å². The zero-order valence-corrected chi connectivity index (χ0v) is 9.28. The number of carbonyl (C=O) groups excluding carboxylic acids is 1. The van der Waals surface area contributed by atoms with Crippen LogP contribution in [0.25, 0.3) is 0 Å². The minimum absolute atomic E-state index is 0.0633. The third-order valence-electron chi connectivity index (χ3n) is 3.68. The number of hydrogen-bond acceptors (Lipinski definition) is 3. The Labute approximate surface area is 90.6 Å². The van der Waals surface area contributed by atoms with Crippen LogP contribution in [0.15, 0.2) is 0 Å². The van der Waals surface area contributed by atoms with Crippen molar-refractivity contribution in [2.75, 3.05) is 19.7 Å². The topological polar surface area (TPSA) is 52.6 Å². The molecule has 2 N–H and O–H groups in total. The van der Waals surface area contributed by atoms with Crippen LogP contribution in [0, 0.1) is 5.92 Å². The second-order valence-electron chi connectivity index (χ2n) is 4.53. The summed E-state index contributed by atoms with van der Waals surface area (Å²) in [7, 11) is 0. The van der Waals surface area contributed by atoms with Gasteiger partial charge in [0.1, 0.15) is 0 Å². The summed E-state index contributed by atoms with van der Waals surface area (Å²) in [5, 5.41) is 12.4. The van der Waals surface area contributed by atoms with Gasteiger partial charge < -0.3 is 15.3 Å². The molecule has 0 aliphatic carbocycles. The van der Waals surface area contributed by atoms with Gasteiger partial charge in [0.05, 0.1) is 12.5 Å². The first-order chi connectivity index (χ1) is 7.26. The predicted octanol–water partition coefficient (Wildman–Crippen LogP) is -0.0323. The molecule has 0 saturated carbocycles. The highest BCUT2D eigenvalue weighted by molar-refractivity contribution is 5.80. The van der Waals surface area contributed by atoms with Gasteiger partial charge in [0.2, 0.25) is 5.91 Å². The SMILES string of the molecule is CCN(CCO)C(=O)C1CC2CCC1N2. The quantitative estimate of drug-likeness (QED) is 0.688. The number of nitrogens with zero attached hydrogens (tertiary/aromatic N) is 1. The first kappa shape index (κ1) is 10.9. The van der Waals surface area contributed by atoms with Crippen LogP contribution < -0.4 is 5.32 Å². The summed E-state index contributed by atoms with van der Waals surface area (Å²) < 4.78 is 0. The fourth-order valence-electron chi connectivity index (χ4n) is 2.88. The molecule has 0 radical (unpaired) electrons. The predicted molar refractivity (Wildman–Crippen MR) is 57.4 cm³/mol. The maximum atomic E-state index is 12.1. The molecule has 15 heavy (non-hydrogen) atoms. The highest BCUT2D eigenvalue weighted by atomic mass is 16.3. The van der Waals surface area contributed by atoms with E-state index in [9.17, 15) is 4.79 Å².